The molecule has 0 saturated carbocycles. The van der Waals surface area contributed by atoms with Crippen LogP contribution in [0.25, 0.3) is 0 Å². The van der Waals surface area contributed by atoms with Crippen LogP contribution < -0.4 is 10.1 Å². The zero-order chi connectivity index (χ0) is 14.5. The molecule has 0 aliphatic heterocycles. The molecule has 0 bridgehead atoms. The topological polar surface area (TPSA) is 45.0 Å². The lowest BCUT2D eigenvalue weighted by Gasteiger charge is -2.13. The van der Waals surface area contributed by atoms with Crippen LogP contribution in [0.1, 0.15) is 11.1 Å². The van der Waals surface area contributed by atoms with Gasteiger partial charge in [0.25, 0.3) is 0 Å². The number of benzene rings is 2. The predicted octanol–water partition coefficient (Wildman–Crippen LogP) is 4.49. The zero-order valence-electron chi connectivity index (χ0n) is 10.8. The summed E-state index contributed by atoms with van der Waals surface area (Å²) in [6.45, 7) is 0.442. The number of halogens is 2. The number of hydrogen-bond donors (Lipinski definition) is 1. The lowest BCUT2D eigenvalue weighted by atomic mass is 10.1. The molecule has 0 heterocycles. The molecule has 0 aliphatic rings. The van der Waals surface area contributed by atoms with E-state index in [1.165, 1.54) is 0 Å². The molecule has 0 spiro atoms. The number of nitrogens with zero attached hydrogens (tertiary/aromatic N) is 1. The van der Waals surface area contributed by atoms with Crippen molar-refractivity contribution in [3.05, 3.63) is 57.6 Å². The molecule has 2 rings (SSSR count). The van der Waals surface area contributed by atoms with Gasteiger partial charge >= 0.3 is 0 Å². The third-order valence-electron chi connectivity index (χ3n) is 2.85. The summed E-state index contributed by atoms with van der Waals surface area (Å²) in [7, 11) is 1.59. The lowest BCUT2D eigenvalue weighted by molar-refractivity contribution is 0.410. The van der Waals surface area contributed by atoms with E-state index in [4.69, 9.17) is 33.2 Å². The zero-order valence-corrected chi connectivity index (χ0v) is 12.3. The number of nitriles is 1. The monoisotopic (exact) mass is 306 g/mol. The molecule has 1 N–H and O–H groups in total. The maximum atomic E-state index is 9.08. The minimum atomic E-state index is 0.442. The molecule has 0 saturated heterocycles. The molecular formula is C15H12Cl2N2O. The molecule has 0 unspecified atom stereocenters. The SMILES string of the molecule is COc1cccc(Cl)c1CNc1cc(Cl)ccc1C#N. The Morgan fingerprint density at radius 2 is 2.05 bits per heavy atom. The van der Waals surface area contributed by atoms with E-state index in [1.54, 1.807) is 31.4 Å². The van der Waals surface area contributed by atoms with Crippen LogP contribution in [0.5, 0.6) is 5.75 Å². The highest BCUT2D eigenvalue weighted by Crippen LogP contribution is 2.28. The Balaban J connectivity index is 2.26. The first-order valence-electron chi connectivity index (χ1n) is 5.90. The Labute approximate surface area is 127 Å². The lowest BCUT2D eigenvalue weighted by Crippen LogP contribution is -2.04. The first-order chi connectivity index (χ1) is 9.65. The van der Waals surface area contributed by atoms with Gasteiger partial charge in [-0.1, -0.05) is 29.3 Å². The number of nitrogens with one attached hydrogen (secondary N) is 1. The van der Waals surface area contributed by atoms with E-state index in [9.17, 15) is 0 Å². The Bertz CT molecular complexity index is 665. The smallest absolute Gasteiger partial charge is 0.125 e. The average molecular weight is 307 g/mol. The fraction of sp³-hybridized carbons (Fsp3) is 0.133. The summed E-state index contributed by atoms with van der Waals surface area (Å²) in [4.78, 5) is 0. The third-order valence-corrected chi connectivity index (χ3v) is 3.44. The fourth-order valence-corrected chi connectivity index (χ4v) is 2.25. The van der Waals surface area contributed by atoms with Crippen LogP contribution in [-0.4, -0.2) is 7.11 Å². The average Bonchev–Trinajstić information content (AvgIpc) is 2.46. The van der Waals surface area contributed by atoms with Gasteiger partial charge in [0.1, 0.15) is 11.8 Å². The second-order valence-electron chi connectivity index (χ2n) is 4.08. The molecule has 2 aromatic rings. The molecule has 102 valence electrons. The van der Waals surface area contributed by atoms with Gasteiger partial charge in [0.05, 0.1) is 18.4 Å². The van der Waals surface area contributed by atoms with E-state index in [0.29, 0.717) is 33.6 Å². The molecule has 0 aromatic heterocycles. The van der Waals surface area contributed by atoms with Gasteiger partial charge in [0, 0.05) is 22.2 Å². The molecule has 0 radical (unpaired) electrons. The maximum absolute atomic E-state index is 9.08. The second-order valence-corrected chi connectivity index (χ2v) is 4.92. The number of ether oxygens (including phenoxy) is 1. The highest BCUT2D eigenvalue weighted by Gasteiger charge is 2.09. The summed E-state index contributed by atoms with van der Waals surface area (Å²) in [5, 5.41) is 13.4. The maximum Gasteiger partial charge on any atom is 0.125 e. The summed E-state index contributed by atoms with van der Waals surface area (Å²) < 4.78 is 5.28. The molecule has 3 nitrogen and oxygen atoms in total. The highest BCUT2D eigenvalue weighted by atomic mass is 35.5. The molecule has 0 atom stereocenters. The quantitative estimate of drug-likeness (QED) is 0.905. The largest absolute Gasteiger partial charge is 0.496 e. The number of methoxy groups -OCH3 is 1. The van der Waals surface area contributed by atoms with Gasteiger partial charge in [-0.3, -0.25) is 0 Å². The van der Waals surface area contributed by atoms with Crippen LogP contribution in [0.15, 0.2) is 36.4 Å². The predicted molar refractivity (Wildman–Crippen MR) is 81.5 cm³/mol. The molecule has 5 heteroatoms. The summed E-state index contributed by atoms with van der Waals surface area (Å²) in [5.74, 6) is 0.700. The van der Waals surface area contributed by atoms with Crippen molar-refractivity contribution >= 4 is 28.9 Å². The standard InChI is InChI=1S/C15H12Cl2N2O/c1-20-15-4-2-3-13(17)12(15)9-19-14-7-11(16)6-5-10(14)8-18/h2-7,19H,9H2,1H3. The molecule has 20 heavy (non-hydrogen) atoms. The van der Waals surface area contributed by atoms with Crippen LogP contribution in [0.4, 0.5) is 5.69 Å². The fourth-order valence-electron chi connectivity index (χ4n) is 1.85. The first kappa shape index (κ1) is 14.5. The molecule has 0 amide bonds. The van der Waals surface area contributed by atoms with Gasteiger partial charge in [-0.05, 0) is 30.3 Å². The normalized spacial score (nSPS) is 9.90. The molecule has 2 aromatic carbocycles. The Hall–Kier alpha value is -1.89. The summed E-state index contributed by atoms with van der Waals surface area (Å²) >= 11 is 12.1. The van der Waals surface area contributed by atoms with Gasteiger partial charge in [0.2, 0.25) is 0 Å². The van der Waals surface area contributed by atoms with Gasteiger partial charge in [-0.25, -0.2) is 0 Å². The Morgan fingerprint density at radius 1 is 1.25 bits per heavy atom. The van der Waals surface area contributed by atoms with E-state index >= 15 is 0 Å². The number of hydrogen-bond acceptors (Lipinski definition) is 3. The van der Waals surface area contributed by atoms with Gasteiger partial charge < -0.3 is 10.1 Å². The van der Waals surface area contributed by atoms with Gasteiger partial charge in [-0.15, -0.1) is 0 Å². The van der Waals surface area contributed by atoms with Crippen molar-refractivity contribution in [1.29, 1.82) is 5.26 Å². The van der Waals surface area contributed by atoms with Crippen molar-refractivity contribution in [2.45, 2.75) is 6.54 Å². The van der Waals surface area contributed by atoms with E-state index in [0.717, 1.165) is 5.56 Å². The van der Waals surface area contributed by atoms with Crippen molar-refractivity contribution in [2.75, 3.05) is 12.4 Å². The highest BCUT2D eigenvalue weighted by molar-refractivity contribution is 6.31. The van der Waals surface area contributed by atoms with Crippen molar-refractivity contribution < 1.29 is 4.74 Å². The van der Waals surface area contributed by atoms with E-state index in [1.807, 2.05) is 12.1 Å². The molecule has 0 fully saturated rings. The van der Waals surface area contributed by atoms with Crippen LogP contribution in [0.2, 0.25) is 10.0 Å². The second kappa shape index (κ2) is 6.51. The summed E-state index contributed by atoms with van der Waals surface area (Å²) in [6.07, 6.45) is 0. The van der Waals surface area contributed by atoms with E-state index < -0.39 is 0 Å². The minimum Gasteiger partial charge on any atom is -0.496 e. The summed E-state index contributed by atoms with van der Waals surface area (Å²) in [6, 6.07) is 12.6. The molecule has 0 aliphatic carbocycles. The van der Waals surface area contributed by atoms with E-state index in [2.05, 4.69) is 11.4 Å². The van der Waals surface area contributed by atoms with Crippen molar-refractivity contribution in [1.82, 2.24) is 0 Å². The Morgan fingerprint density at radius 3 is 2.75 bits per heavy atom. The van der Waals surface area contributed by atoms with Gasteiger partial charge in [-0.2, -0.15) is 5.26 Å². The Kier molecular flexibility index (Phi) is 4.73. The number of anilines is 1. The van der Waals surface area contributed by atoms with Crippen molar-refractivity contribution in [2.24, 2.45) is 0 Å². The van der Waals surface area contributed by atoms with Crippen molar-refractivity contribution in [3.8, 4) is 11.8 Å². The van der Waals surface area contributed by atoms with Crippen LogP contribution in [-0.2, 0) is 6.54 Å². The van der Waals surface area contributed by atoms with Gasteiger partial charge in [0.15, 0.2) is 0 Å². The van der Waals surface area contributed by atoms with Crippen LogP contribution >= 0.6 is 23.2 Å². The minimum absolute atomic E-state index is 0.442. The summed E-state index contributed by atoms with van der Waals surface area (Å²) in [5.41, 5.74) is 2.03. The number of rotatable bonds is 4. The van der Waals surface area contributed by atoms with Crippen LogP contribution in [0, 0.1) is 11.3 Å². The van der Waals surface area contributed by atoms with E-state index in [-0.39, 0.29) is 0 Å². The first-order valence-corrected chi connectivity index (χ1v) is 6.66. The third kappa shape index (κ3) is 3.16. The molecular weight excluding hydrogens is 295 g/mol. The van der Waals surface area contributed by atoms with Crippen LogP contribution in [0.3, 0.4) is 0 Å². The van der Waals surface area contributed by atoms with Crippen molar-refractivity contribution in [3.63, 3.8) is 0 Å².